The van der Waals surface area contributed by atoms with Crippen molar-refractivity contribution in [2.45, 2.75) is 45.4 Å². The van der Waals surface area contributed by atoms with Crippen LogP contribution in [-0.4, -0.2) is 78.6 Å². The van der Waals surface area contributed by atoms with Gasteiger partial charge in [0, 0.05) is 31.7 Å². The van der Waals surface area contributed by atoms with Crippen molar-refractivity contribution in [2.75, 3.05) is 26.2 Å². The minimum absolute atomic E-state index is 0.0263. The van der Waals surface area contributed by atoms with Crippen LogP contribution in [0.5, 0.6) is 0 Å². The number of aromatic nitrogens is 4. The molecule has 34 heavy (non-hydrogen) atoms. The maximum absolute atomic E-state index is 13.2. The monoisotopic (exact) mass is 466 g/mol. The smallest absolute Gasteiger partial charge is 0.309 e. The molecule has 11 heteroatoms. The SMILES string of the molecule is Cc1c(C(=O)N2CCN(C(=O)C34CC(C(=O)O)(C3)C4)CC2)cnn1-c1nc2c(c(=O)[nH]1)CCC2. The molecule has 1 aliphatic heterocycles. The number of aryl methyl sites for hydroxylation is 1. The Bertz CT molecular complexity index is 1280. The molecule has 2 aromatic heterocycles. The van der Waals surface area contributed by atoms with Crippen molar-refractivity contribution in [1.29, 1.82) is 0 Å². The predicted molar refractivity (Wildman–Crippen MR) is 118 cm³/mol. The van der Waals surface area contributed by atoms with Crippen molar-refractivity contribution in [2.24, 2.45) is 10.8 Å². The number of carboxylic acids is 1. The Hall–Kier alpha value is -3.50. The average molecular weight is 466 g/mol. The molecule has 1 saturated heterocycles. The zero-order valence-corrected chi connectivity index (χ0v) is 19.0. The van der Waals surface area contributed by atoms with E-state index in [4.69, 9.17) is 0 Å². The summed E-state index contributed by atoms with van der Waals surface area (Å²) in [4.78, 5) is 60.7. The van der Waals surface area contributed by atoms with Crippen molar-refractivity contribution >= 4 is 17.8 Å². The molecule has 3 heterocycles. The summed E-state index contributed by atoms with van der Waals surface area (Å²) < 4.78 is 1.49. The topological polar surface area (TPSA) is 141 Å². The van der Waals surface area contributed by atoms with Gasteiger partial charge in [-0.3, -0.25) is 24.2 Å². The van der Waals surface area contributed by atoms with Crippen LogP contribution in [-0.2, 0) is 22.4 Å². The fraction of sp³-hybridized carbons (Fsp3) is 0.565. The van der Waals surface area contributed by atoms with Crippen LogP contribution in [0.3, 0.4) is 0 Å². The first-order chi connectivity index (χ1) is 16.2. The second-order valence-electron chi connectivity index (χ2n) is 10.2. The maximum atomic E-state index is 13.2. The van der Waals surface area contributed by atoms with Crippen molar-refractivity contribution < 1.29 is 19.5 Å². The van der Waals surface area contributed by atoms with Crippen molar-refractivity contribution in [1.82, 2.24) is 29.5 Å². The second kappa shape index (κ2) is 7.00. The van der Waals surface area contributed by atoms with Crippen LogP contribution in [0.2, 0.25) is 0 Å². The minimum atomic E-state index is -0.798. The summed E-state index contributed by atoms with van der Waals surface area (Å²) in [5, 5.41) is 13.6. The molecular weight excluding hydrogens is 440 g/mol. The number of aliphatic carboxylic acids is 1. The lowest BCUT2D eigenvalue weighted by atomic mass is 9.34. The van der Waals surface area contributed by atoms with E-state index in [-0.39, 0.29) is 17.4 Å². The number of carbonyl (C=O) groups excluding carboxylic acids is 2. The van der Waals surface area contributed by atoms with E-state index < -0.39 is 16.8 Å². The second-order valence-corrected chi connectivity index (χ2v) is 10.2. The van der Waals surface area contributed by atoms with E-state index in [0.29, 0.717) is 62.6 Å². The van der Waals surface area contributed by atoms with E-state index in [1.807, 2.05) is 0 Å². The number of piperazine rings is 1. The van der Waals surface area contributed by atoms with Gasteiger partial charge in [0.2, 0.25) is 11.9 Å². The third kappa shape index (κ3) is 2.82. The van der Waals surface area contributed by atoms with Gasteiger partial charge < -0.3 is 14.9 Å². The number of nitrogens with one attached hydrogen (secondary N) is 1. The molecule has 0 unspecified atom stereocenters. The molecule has 5 aliphatic rings. The van der Waals surface area contributed by atoms with E-state index in [2.05, 4.69) is 15.1 Å². The zero-order chi connectivity index (χ0) is 23.8. The number of carboxylic acid groups (broad SMARTS) is 1. The average Bonchev–Trinajstić information content (AvgIpc) is 3.38. The van der Waals surface area contributed by atoms with Gasteiger partial charge >= 0.3 is 5.97 Å². The number of rotatable bonds is 4. The standard InChI is InChI=1S/C23H26N6O5/c1-13-15(9-24-29(13)21-25-16-4-2-3-14(16)17(30)26-21)18(31)27-5-7-28(8-6-27)19(32)22-10-23(11-22,12-22)20(33)34/h9H,2-8,10-12H2,1H3,(H,33,34)(H,25,26,30). The fourth-order valence-corrected chi connectivity index (χ4v) is 6.22. The van der Waals surface area contributed by atoms with Crippen LogP contribution in [0.25, 0.3) is 5.95 Å². The quantitative estimate of drug-likeness (QED) is 0.660. The third-order valence-electron chi connectivity index (χ3n) is 8.16. The molecule has 0 spiro atoms. The lowest BCUT2D eigenvalue weighted by Gasteiger charge is -2.67. The summed E-state index contributed by atoms with van der Waals surface area (Å²) in [5.41, 5.74) is 1.22. The first kappa shape index (κ1) is 21.1. The van der Waals surface area contributed by atoms with Gasteiger partial charge in [-0.25, -0.2) is 9.67 Å². The summed E-state index contributed by atoms with van der Waals surface area (Å²) in [6, 6.07) is 0. The number of carbonyl (C=O) groups is 3. The Labute approximate surface area is 194 Å². The molecule has 0 aromatic carbocycles. The molecular formula is C23H26N6O5. The molecule has 7 rings (SSSR count). The Morgan fingerprint density at radius 2 is 1.71 bits per heavy atom. The van der Waals surface area contributed by atoms with Crippen LogP contribution in [0.1, 0.15) is 53.0 Å². The Kier molecular flexibility index (Phi) is 4.34. The van der Waals surface area contributed by atoms with Gasteiger partial charge in [0.05, 0.1) is 34.0 Å². The van der Waals surface area contributed by atoms with E-state index in [9.17, 15) is 24.3 Å². The number of nitrogens with zero attached hydrogens (tertiary/aromatic N) is 5. The summed E-state index contributed by atoms with van der Waals surface area (Å²) in [5.74, 6) is -0.629. The Morgan fingerprint density at radius 1 is 1.03 bits per heavy atom. The van der Waals surface area contributed by atoms with Gasteiger partial charge in [0.25, 0.3) is 11.5 Å². The van der Waals surface area contributed by atoms with Gasteiger partial charge in [0.1, 0.15) is 0 Å². The van der Waals surface area contributed by atoms with Gasteiger partial charge in [-0.05, 0) is 45.4 Å². The van der Waals surface area contributed by atoms with Crippen LogP contribution >= 0.6 is 0 Å². The highest BCUT2D eigenvalue weighted by Crippen LogP contribution is 2.73. The number of hydrogen-bond acceptors (Lipinski definition) is 6. The Balaban J connectivity index is 1.12. The Morgan fingerprint density at radius 3 is 2.38 bits per heavy atom. The normalized spacial score (nSPS) is 27.1. The molecule has 178 valence electrons. The molecule has 0 atom stereocenters. The van der Waals surface area contributed by atoms with Gasteiger partial charge in [-0.15, -0.1) is 0 Å². The minimum Gasteiger partial charge on any atom is -0.481 e. The van der Waals surface area contributed by atoms with E-state index in [0.717, 1.165) is 30.5 Å². The van der Waals surface area contributed by atoms with E-state index in [1.165, 1.54) is 10.9 Å². The van der Waals surface area contributed by atoms with Gasteiger partial charge in [-0.2, -0.15) is 5.10 Å². The summed E-state index contributed by atoms with van der Waals surface area (Å²) >= 11 is 0. The highest BCUT2D eigenvalue weighted by atomic mass is 16.4. The summed E-state index contributed by atoms with van der Waals surface area (Å²) in [7, 11) is 0. The molecule has 4 aliphatic carbocycles. The molecule has 2 N–H and O–H groups in total. The van der Waals surface area contributed by atoms with Crippen molar-refractivity contribution in [3.05, 3.63) is 39.1 Å². The number of aromatic amines is 1. The molecule has 11 nitrogen and oxygen atoms in total. The highest BCUT2D eigenvalue weighted by Gasteiger charge is 2.75. The van der Waals surface area contributed by atoms with E-state index >= 15 is 0 Å². The summed E-state index contributed by atoms with van der Waals surface area (Å²) in [6.07, 6.45) is 5.21. The molecule has 0 radical (unpaired) electrons. The maximum Gasteiger partial charge on any atom is 0.309 e. The van der Waals surface area contributed by atoms with Crippen LogP contribution in [0.15, 0.2) is 11.0 Å². The lowest BCUT2D eigenvalue weighted by molar-refractivity contribution is -0.226. The number of hydrogen-bond donors (Lipinski definition) is 2. The molecule has 3 saturated carbocycles. The van der Waals surface area contributed by atoms with Crippen molar-refractivity contribution in [3.63, 3.8) is 0 Å². The third-order valence-corrected chi connectivity index (χ3v) is 8.16. The fourth-order valence-electron chi connectivity index (χ4n) is 6.22. The predicted octanol–water partition coefficient (Wildman–Crippen LogP) is 0.292. The van der Waals surface area contributed by atoms with Gasteiger partial charge in [0.15, 0.2) is 0 Å². The molecule has 2 amide bonds. The largest absolute Gasteiger partial charge is 0.481 e. The first-order valence-electron chi connectivity index (χ1n) is 11.7. The first-order valence-corrected chi connectivity index (χ1v) is 11.7. The van der Waals surface area contributed by atoms with E-state index in [1.54, 1.807) is 16.7 Å². The molecule has 4 fully saturated rings. The van der Waals surface area contributed by atoms with Crippen molar-refractivity contribution in [3.8, 4) is 5.95 Å². The van der Waals surface area contributed by atoms with Gasteiger partial charge in [-0.1, -0.05) is 0 Å². The summed E-state index contributed by atoms with van der Waals surface area (Å²) in [6.45, 7) is 3.44. The van der Waals surface area contributed by atoms with Crippen LogP contribution in [0.4, 0.5) is 0 Å². The lowest BCUT2D eigenvalue weighted by Crippen LogP contribution is -2.71. The highest BCUT2D eigenvalue weighted by molar-refractivity contribution is 5.96. The number of fused-ring (bicyclic) bond motifs is 1. The van der Waals surface area contributed by atoms with Crippen LogP contribution in [0, 0.1) is 17.8 Å². The number of H-pyrrole nitrogens is 1. The molecule has 2 bridgehead atoms. The van der Waals surface area contributed by atoms with Crippen LogP contribution < -0.4 is 5.56 Å². The molecule has 2 aromatic rings. The zero-order valence-electron chi connectivity index (χ0n) is 19.0. The number of amides is 2.